The Labute approximate surface area is 82.1 Å². The molecule has 0 aromatic carbocycles. The fourth-order valence-corrected chi connectivity index (χ4v) is 1.19. The topological polar surface area (TPSA) is 54.9 Å². The summed E-state index contributed by atoms with van der Waals surface area (Å²) in [5, 5.41) is 2.50. The number of carbonyl (C=O) groups is 1. The van der Waals surface area contributed by atoms with Crippen LogP contribution in [0.4, 0.5) is 5.95 Å². The summed E-state index contributed by atoms with van der Waals surface area (Å²) in [6.45, 7) is 3.34. The lowest BCUT2D eigenvalue weighted by molar-refractivity contribution is -0.111. The summed E-state index contributed by atoms with van der Waals surface area (Å²) in [6.07, 6.45) is 7.17. The van der Waals surface area contributed by atoms with Crippen molar-refractivity contribution < 1.29 is 4.79 Å². The van der Waals surface area contributed by atoms with E-state index in [1.54, 1.807) is 12.4 Å². The smallest absolute Gasteiger partial charge is 0.250 e. The standard InChI is InChI=1S/C10H11N3O/c1-2-9(14)13-10-11-5-8(6-12-10)7-3-4-7/h2,5-7H,1,3-4H2,(H,11,12,13,14). The van der Waals surface area contributed by atoms with Gasteiger partial charge in [0.25, 0.3) is 0 Å². The second-order valence-corrected chi connectivity index (χ2v) is 3.31. The second kappa shape index (κ2) is 3.57. The molecular weight excluding hydrogens is 178 g/mol. The highest BCUT2D eigenvalue weighted by atomic mass is 16.1. The van der Waals surface area contributed by atoms with E-state index in [1.807, 2.05) is 0 Å². The minimum atomic E-state index is -0.288. The van der Waals surface area contributed by atoms with Crippen molar-refractivity contribution in [1.29, 1.82) is 0 Å². The van der Waals surface area contributed by atoms with E-state index in [0.29, 0.717) is 11.9 Å². The molecule has 1 N–H and O–H groups in total. The van der Waals surface area contributed by atoms with Crippen LogP contribution in [0.25, 0.3) is 0 Å². The van der Waals surface area contributed by atoms with E-state index in [-0.39, 0.29) is 5.91 Å². The Morgan fingerprint density at radius 2 is 2.14 bits per heavy atom. The summed E-state index contributed by atoms with van der Waals surface area (Å²) in [5.74, 6) is 0.683. The second-order valence-electron chi connectivity index (χ2n) is 3.31. The maximum Gasteiger partial charge on any atom is 0.250 e. The molecule has 1 aliphatic carbocycles. The number of nitrogens with one attached hydrogen (secondary N) is 1. The van der Waals surface area contributed by atoms with Crippen molar-refractivity contribution in [2.24, 2.45) is 0 Å². The summed E-state index contributed by atoms with van der Waals surface area (Å²) in [6, 6.07) is 0. The van der Waals surface area contributed by atoms with Crippen LogP contribution in [0.1, 0.15) is 24.3 Å². The Morgan fingerprint density at radius 1 is 1.50 bits per heavy atom. The summed E-state index contributed by atoms with van der Waals surface area (Å²) < 4.78 is 0. The molecule has 0 unspecified atom stereocenters. The Hall–Kier alpha value is -1.71. The highest BCUT2D eigenvalue weighted by Crippen LogP contribution is 2.39. The van der Waals surface area contributed by atoms with Crippen LogP contribution >= 0.6 is 0 Å². The number of anilines is 1. The Bertz CT molecular complexity index is 354. The molecule has 4 heteroatoms. The molecule has 0 bridgehead atoms. The molecule has 1 aromatic heterocycles. The first-order valence-corrected chi connectivity index (χ1v) is 4.55. The highest BCUT2D eigenvalue weighted by Gasteiger charge is 2.23. The third-order valence-corrected chi connectivity index (χ3v) is 2.14. The Kier molecular flexibility index (Phi) is 2.26. The lowest BCUT2D eigenvalue weighted by atomic mass is 10.2. The van der Waals surface area contributed by atoms with E-state index in [9.17, 15) is 4.79 Å². The van der Waals surface area contributed by atoms with E-state index < -0.39 is 0 Å². The minimum Gasteiger partial charge on any atom is -0.291 e. The largest absolute Gasteiger partial charge is 0.291 e. The molecule has 1 fully saturated rings. The molecule has 0 spiro atoms. The molecule has 1 aromatic rings. The van der Waals surface area contributed by atoms with Crippen molar-refractivity contribution >= 4 is 11.9 Å². The zero-order valence-electron chi connectivity index (χ0n) is 7.73. The molecule has 0 aliphatic heterocycles. The number of rotatable bonds is 3. The number of carbonyl (C=O) groups excluding carboxylic acids is 1. The van der Waals surface area contributed by atoms with Crippen molar-refractivity contribution in [2.45, 2.75) is 18.8 Å². The first kappa shape index (κ1) is 8.87. The molecule has 14 heavy (non-hydrogen) atoms. The summed E-state index contributed by atoms with van der Waals surface area (Å²) in [7, 11) is 0. The van der Waals surface area contributed by atoms with Crippen molar-refractivity contribution in [3.05, 3.63) is 30.6 Å². The van der Waals surface area contributed by atoms with Crippen LogP contribution in [0.15, 0.2) is 25.0 Å². The summed E-state index contributed by atoms with van der Waals surface area (Å²) in [5.41, 5.74) is 1.15. The van der Waals surface area contributed by atoms with Crippen LogP contribution in [-0.4, -0.2) is 15.9 Å². The normalized spacial score (nSPS) is 14.9. The molecule has 2 rings (SSSR count). The lowest BCUT2D eigenvalue weighted by Gasteiger charge is -2.00. The van der Waals surface area contributed by atoms with Crippen LogP contribution in [0.2, 0.25) is 0 Å². The summed E-state index contributed by atoms with van der Waals surface area (Å²) >= 11 is 0. The molecule has 0 radical (unpaired) electrons. The van der Waals surface area contributed by atoms with E-state index in [1.165, 1.54) is 18.9 Å². The van der Waals surface area contributed by atoms with Crippen LogP contribution in [-0.2, 0) is 4.79 Å². The van der Waals surface area contributed by atoms with Gasteiger partial charge in [-0.2, -0.15) is 0 Å². The number of amides is 1. The number of hydrogen-bond acceptors (Lipinski definition) is 3. The quantitative estimate of drug-likeness (QED) is 0.733. The monoisotopic (exact) mass is 189 g/mol. The SMILES string of the molecule is C=CC(=O)Nc1ncc(C2CC2)cn1. The Morgan fingerprint density at radius 3 is 2.64 bits per heavy atom. The van der Waals surface area contributed by atoms with Gasteiger partial charge >= 0.3 is 0 Å². The van der Waals surface area contributed by atoms with E-state index in [4.69, 9.17) is 0 Å². The Balaban J connectivity index is 2.05. The molecule has 72 valence electrons. The van der Waals surface area contributed by atoms with Gasteiger partial charge in [-0.05, 0) is 30.4 Å². The predicted molar refractivity (Wildman–Crippen MR) is 52.8 cm³/mol. The molecule has 4 nitrogen and oxygen atoms in total. The maximum atomic E-state index is 10.9. The molecule has 1 amide bonds. The molecular formula is C10H11N3O. The summed E-state index contributed by atoms with van der Waals surface area (Å²) in [4.78, 5) is 19.0. The van der Waals surface area contributed by atoms with Gasteiger partial charge in [0.1, 0.15) is 0 Å². The van der Waals surface area contributed by atoms with Crippen molar-refractivity contribution in [3.63, 3.8) is 0 Å². The average molecular weight is 189 g/mol. The van der Waals surface area contributed by atoms with Gasteiger partial charge in [-0.15, -0.1) is 0 Å². The molecule has 1 aliphatic rings. The van der Waals surface area contributed by atoms with Gasteiger partial charge in [-0.25, -0.2) is 9.97 Å². The van der Waals surface area contributed by atoms with Gasteiger partial charge in [0.05, 0.1) is 0 Å². The van der Waals surface area contributed by atoms with E-state index >= 15 is 0 Å². The van der Waals surface area contributed by atoms with E-state index in [2.05, 4.69) is 21.9 Å². The minimum absolute atomic E-state index is 0.288. The van der Waals surface area contributed by atoms with Crippen LogP contribution in [0.5, 0.6) is 0 Å². The van der Waals surface area contributed by atoms with Gasteiger partial charge < -0.3 is 0 Å². The number of hydrogen-bond donors (Lipinski definition) is 1. The molecule has 0 atom stereocenters. The van der Waals surface area contributed by atoms with Crippen LogP contribution in [0.3, 0.4) is 0 Å². The van der Waals surface area contributed by atoms with Crippen LogP contribution < -0.4 is 5.32 Å². The zero-order valence-corrected chi connectivity index (χ0v) is 7.73. The number of nitrogens with zero attached hydrogens (tertiary/aromatic N) is 2. The van der Waals surface area contributed by atoms with Gasteiger partial charge in [0.2, 0.25) is 11.9 Å². The van der Waals surface area contributed by atoms with Crippen molar-refractivity contribution in [2.75, 3.05) is 5.32 Å². The fourth-order valence-electron chi connectivity index (χ4n) is 1.19. The average Bonchev–Trinajstić information content (AvgIpc) is 3.02. The van der Waals surface area contributed by atoms with E-state index in [0.717, 1.165) is 5.56 Å². The molecule has 0 saturated heterocycles. The first-order valence-electron chi connectivity index (χ1n) is 4.55. The third kappa shape index (κ3) is 1.96. The lowest BCUT2D eigenvalue weighted by Crippen LogP contribution is -2.10. The van der Waals surface area contributed by atoms with Gasteiger partial charge in [0.15, 0.2) is 0 Å². The molecule has 1 saturated carbocycles. The first-order chi connectivity index (χ1) is 6.79. The molecule has 1 heterocycles. The fraction of sp³-hybridized carbons (Fsp3) is 0.300. The maximum absolute atomic E-state index is 10.9. The van der Waals surface area contributed by atoms with Gasteiger partial charge in [-0.3, -0.25) is 10.1 Å². The van der Waals surface area contributed by atoms with Gasteiger partial charge in [0, 0.05) is 12.4 Å². The highest BCUT2D eigenvalue weighted by molar-refractivity contribution is 5.97. The third-order valence-electron chi connectivity index (χ3n) is 2.14. The van der Waals surface area contributed by atoms with Crippen molar-refractivity contribution in [3.8, 4) is 0 Å². The van der Waals surface area contributed by atoms with Crippen molar-refractivity contribution in [1.82, 2.24) is 9.97 Å². The predicted octanol–water partition coefficient (Wildman–Crippen LogP) is 1.48. The van der Waals surface area contributed by atoms with Gasteiger partial charge in [-0.1, -0.05) is 6.58 Å². The zero-order chi connectivity index (χ0) is 9.97. The number of aromatic nitrogens is 2. The van der Waals surface area contributed by atoms with Crippen LogP contribution in [0, 0.1) is 0 Å².